The number of hydrogen-bond donors (Lipinski definition) is 0. The second-order valence-corrected chi connectivity index (χ2v) is 3.02. The second kappa shape index (κ2) is 3.82. The van der Waals surface area contributed by atoms with Crippen LogP contribution in [0, 0.1) is 0 Å². The van der Waals surface area contributed by atoms with E-state index in [4.69, 9.17) is 16.3 Å². The summed E-state index contributed by atoms with van der Waals surface area (Å²) in [7, 11) is 0. The van der Waals surface area contributed by atoms with Gasteiger partial charge < -0.3 is 4.74 Å². The molecular formula is C8H7ClN4O2. The minimum atomic E-state index is -0.581. The molecule has 0 spiro atoms. The minimum Gasteiger partial charge on any atom is -0.448 e. The van der Waals surface area contributed by atoms with Gasteiger partial charge in [-0.3, -0.25) is 0 Å². The molecule has 78 valence electrons. The van der Waals surface area contributed by atoms with Gasteiger partial charge >= 0.3 is 6.09 Å². The van der Waals surface area contributed by atoms with Crippen LogP contribution in [0.3, 0.4) is 0 Å². The van der Waals surface area contributed by atoms with Gasteiger partial charge in [0.05, 0.1) is 18.2 Å². The van der Waals surface area contributed by atoms with Crippen LogP contribution in [0.4, 0.5) is 4.79 Å². The van der Waals surface area contributed by atoms with Crippen molar-refractivity contribution in [1.82, 2.24) is 19.7 Å². The van der Waals surface area contributed by atoms with Crippen LogP contribution in [0.5, 0.6) is 0 Å². The molecule has 0 radical (unpaired) electrons. The Labute approximate surface area is 89.8 Å². The Bertz CT molecular complexity index is 510. The average molecular weight is 227 g/mol. The lowest BCUT2D eigenvalue weighted by atomic mass is 10.4. The molecule has 0 saturated carbocycles. The summed E-state index contributed by atoms with van der Waals surface area (Å²) < 4.78 is 5.84. The molecule has 2 rings (SSSR count). The Balaban J connectivity index is 2.54. The van der Waals surface area contributed by atoms with Crippen LogP contribution in [0.25, 0.3) is 11.0 Å². The number of hydrogen-bond acceptors (Lipinski definition) is 5. The molecule has 0 aliphatic carbocycles. The quantitative estimate of drug-likeness (QED) is 0.689. The zero-order chi connectivity index (χ0) is 10.8. The van der Waals surface area contributed by atoms with Gasteiger partial charge in [-0.15, -0.1) is 4.68 Å². The third kappa shape index (κ3) is 1.63. The van der Waals surface area contributed by atoms with E-state index in [2.05, 4.69) is 15.1 Å². The largest absolute Gasteiger partial charge is 0.448 e. The van der Waals surface area contributed by atoms with Crippen LogP contribution in [-0.4, -0.2) is 32.4 Å². The van der Waals surface area contributed by atoms with Crippen LogP contribution < -0.4 is 0 Å². The normalized spacial score (nSPS) is 10.5. The SMILES string of the molecule is CCOC(=O)n1ncc2c(Cl)ncnc21. The highest BCUT2D eigenvalue weighted by Gasteiger charge is 2.14. The first-order valence-electron chi connectivity index (χ1n) is 4.25. The van der Waals surface area contributed by atoms with E-state index >= 15 is 0 Å². The Kier molecular flexibility index (Phi) is 2.51. The highest BCUT2D eigenvalue weighted by molar-refractivity contribution is 6.33. The lowest BCUT2D eigenvalue weighted by Crippen LogP contribution is -2.15. The topological polar surface area (TPSA) is 69.9 Å². The average Bonchev–Trinajstić information content (AvgIpc) is 2.63. The van der Waals surface area contributed by atoms with E-state index in [0.717, 1.165) is 4.68 Å². The van der Waals surface area contributed by atoms with Crippen LogP contribution in [0.2, 0.25) is 5.15 Å². The Hall–Kier alpha value is -1.69. The number of ether oxygens (including phenoxy) is 1. The van der Waals surface area contributed by atoms with Gasteiger partial charge in [-0.2, -0.15) is 5.10 Å². The lowest BCUT2D eigenvalue weighted by Gasteiger charge is -2.00. The molecule has 0 atom stereocenters. The maximum atomic E-state index is 11.4. The summed E-state index contributed by atoms with van der Waals surface area (Å²) in [5.41, 5.74) is 0.341. The van der Waals surface area contributed by atoms with E-state index < -0.39 is 6.09 Å². The fourth-order valence-corrected chi connectivity index (χ4v) is 1.31. The summed E-state index contributed by atoms with van der Waals surface area (Å²) in [6, 6.07) is 0. The maximum absolute atomic E-state index is 11.4. The van der Waals surface area contributed by atoms with Crippen molar-refractivity contribution in [3.05, 3.63) is 17.7 Å². The molecule has 2 aromatic heterocycles. The third-order valence-electron chi connectivity index (χ3n) is 1.76. The van der Waals surface area contributed by atoms with E-state index in [1.165, 1.54) is 12.5 Å². The van der Waals surface area contributed by atoms with E-state index in [1.54, 1.807) is 6.92 Å². The Morgan fingerprint density at radius 1 is 1.60 bits per heavy atom. The van der Waals surface area contributed by atoms with Gasteiger partial charge in [0.25, 0.3) is 0 Å². The zero-order valence-corrected chi connectivity index (χ0v) is 8.60. The second-order valence-electron chi connectivity index (χ2n) is 2.66. The van der Waals surface area contributed by atoms with Gasteiger partial charge in [0.2, 0.25) is 0 Å². The van der Waals surface area contributed by atoms with E-state index in [9.17, 15) is 4.79 Å². The third-order valence-corrected chi connectivity index (χ3v) is 2.06. The molecule has 0 aliphatic rings. The molecule has 2 aromatic rings. The van der Waals surface area contributed by atoms with Crippen molar-refractivity contribution in [2.45, 2.75) is 6.92 Å². The fourth-order valence-electron chi connectivity index (χ4n) is 1.13. The maximum Gasteiger partial charge on any atom is 0.436 e. The first-order chi connectivity index (χ1) is 7.24. The van der Waals surface area contributed by atoms with Crippen LogP contribution in [-0.2, 0) is 4.74 Å². The molecule has 15 heavy (non-hydrogen) atoms. The Morgan fingerprint density at radius 3 is 3.13 bits per heavy atom. The summed E-state index contributed by atoms with van der Waals surface area (Å²) in [5.74, 6) is 0. The smallest absolute Gasteiger partial charge is 0.436 e. The van der Waals surface area contributed by atoms with Gasteiger partial charge in [0, 0.05) is 0 Å². The van der Waals surface area contributed by atoms with Crippen LogP contribution >= 0.6 is 11.6 Å². The molecule has 2 heterocycles. The molecule has 7 heteroatoms. The van der Waals surface area contributed by atoms with Crippen LogP contribution in [0.15, 0.2) is 12.5 Å². The number of rotatable bonds is 1. The fraction of sp³-hybridized carbons (Fsp3) is 0.250. The predicted molar refractivity (Wildman–Crippen MR) is 52.8 cm³/mol. The molecule has 0 aromatic carbocycles. The van der Waals surface area contributed by atoms with Gasteiger partial charge in [0.1, 0.15) is 11.5 Å². The number of nitrogens with zero attached hydrogens (tertiary/aromatic N) is 4. The molecule has 0 amide bonds. The highest BCUT2D eigenvalue weighted by atomic mass is 35.5. The molecular weight excluding hydrogens is 220 g/mol. The van der Waals surface area contributed by atoms with Crippen molar-refractivity contribution < 1.29 is 9.53 Å². The number of carbonyl (C=O) groups is 1. The van der Waals surface area contributed by atoms with Gasteiger partial charge in [0.15, 0.2) is 5.65 Å². The van der Waals surface area contributed by atoms with Gasteiger partial charge in [-0.25, -0.2) is 14.8 Å². The van der Waals surface area contributed by atoms with Crippen molar-refractivity contribution in [2.75, 3.05) is 6.61 Å². The van der Waals surface area contributed by atoms with Crippen molar-refractivity contribution in [3.63, 3.8) is 0 Å². The first kappa shape index (κ1) is 9.85. The standard InChI is InChI=1S/C8H7ClN4O2/c1-2-15-8(14)13-7-5(3-12-13)6(9)10-4-11-7/h3-4H,2H2,1H3. The van der Waals surface area contributed by atoms with Crippen molar-refractivity contribution in [1.29, 1.82) is 0 Å². The number of halogens is 1. The predicted octanol–water partition coefficient (Wildman–Crippen LogP) is 1.48. The summed E-state index contributed by atoms with van der Waals surface area (Å²) in [4.78, 5) is 19.1. The number of fused-ring (bicyclic) bond motifs is 1. The summed E-state index contributed by atoms with van der Waals surface area (Å²) >= 11 is 5.80. The monoisotopic (exact) mass is 226 g/mol. The number of carbonyl (C=O) groups excluding carboxylic acids is 1. The first-order valence-corrected chi connectivity index (χ1v) is 4.63. The van der Waals surface area contributed by atoms with E-state index in [0.29, 0.717) is 11.0 Å². The summed E-state index contributed by atoms with van der Waals surface area (Å²) in [6.45, 7) is 1.99. The Morgan fingerprint density at radius 2 is 2.40 bits per heavy atom. The minimum absolute atomic E-state index is 0.260. The lowest BCUT2D eigenvalue weighted by molar-refractivity contribution is 0.151. The van der Waals surface area contributed by atoms with Crippen molar-refractivity contribution in [3.8, 4) is 0 Å². The van der Waals surface area contributed by atoms with E-state index in [-0.39, 0.29) is 11.8 Å². The molecule has 0 saturated heterocycles. The highest BCUT2D eigenvalue weighted by Crippen LogP contribution is 2.18. The van der Waals surface area contributed by atoms with Gasteiger partial charge in [-0.05, 0) is 6.92 Å². The molecule has 0 unspecified atom stereocenters. The van der Waals surface area contributed by atoms with Gasteiger partial charge in [-0.1, -0.05) is 11.6 Å². The zero-order valence-electron chi connectivity index (χ0n) is 7.85. The van der Waals surface area contributed by atoms with E-state index in [1.807, 2.05) is 0 Å². The molecule has 0 bridgehead atoms. The van der Waals surface area contributed by atoms with Crippen LogP contribution in [0.1, 0.15) is 6.92 Å². The molecule has 6 nitrogen and oxygen atoms in total. The number of aromatic nitrogens is 4. The molecule has 0 aliphatic heterocycles. The molecule has 0 fully saturated rings. The summed E-state index contributed by atoms with van der Waals surface area (Å²) in [6.07, 6.45) is 2.11. The van der Waals surface area contributed by atoms with Crippen molar-refractivity contribution >= 4 is 28.7 Å². The van der Waals surface area contributed by atoms with Crippen molar-refractivity contribution in [2.24, 2.45) is 0 Å². The molecule has 0 N–H and O–H groups in total. The summed E-state index contributed by atoms with van der Waals surface area (Å²) in [5, 5.41) is 4.61.